The van der Waals surface area contributed by atoms with Gasteiger partial charge >= 0.3 is 0 Å². The fourth-order valence-electron chi connectivity index (χ4n) is 1.64. The van der Waals surface area contributed by atoms with Crippen molar-refractivity contribution in [2.45, 2.75) is 10.0 Å². The average Bonchev–Trinajstić information content (AvgIpc) is 2.39. The van der Waals surface area contributed by atoms with Crippen molar-refractivity contribution in [3.63, 3.8) is 0 Å². The van der Waals surface area contributed by atoms with Crippen LogP contribution in [0.2, 0.25) is 0 Å². The lowest BCUT2D eigenvalue weighted by Crippen LogP contribution is -2.04. The van der Waals surface area contributed by atoms with Crippen molar-refractivity contribution in [2.24, 2.45) is 0 Å². The van der Waals surface area contributed by atoms with Crippen LogP contribution in [0.5, 0.6) is 0 Å². The molecule has 0 radical (unpaired) electrons. The van der Waals surface area contributed by atoms with Crippen molar-refractivity contribution in [1.82, 2.24) is 0 Å². The molecular formula is C14H13IO. The van der Waals surface area contributed by atoms with Crippen LogP contribution in [0.4, 0.5) is 0 Å². The van der Waals surface area contributed by atoms with E-state index in [9.17, 15) is 5.11 Å². The first kappa shape index (κ1) is 11.6. The molecule has 2 heteroatoms. The van der Waals surface area contributed by atoms with E-state index in [0.717, 1.165) is 11.1 Å². The van der Waals surface area contributed by atoms with E-state index in [-0.39, 0.29) is 3.92 Å². The molecule has 82 valence electrons. The van der Waals surface area contributed by atoms with E-state index in [0.29, 0.717) is 0 Å². The number of benzene rings is 2. The number of hydrogen-bond donors (Lipinski definition) is 1. The topological polar surface area (TPSA) is 20.2 Å². The molecule has 0 aliphatic carbocycles. The highest BCUT2D eigenvalue weighted by molar-refractivity contribution is 14.1. The molecule has 0 fully saturated rings. The van der Waals surface area contributed by atoms with Gasteiger partial charge in [0, 0.05) is 0 Å². The van der Waals surface area contributed by atoms with Crippen LogP contribution in [0.3, 0.4) is 0 Å². The largest absolute Gasteiger partial charge is 0.387 e. The zero-order valence-electron chi connectivity index (χ0n) is 8.75. The highest BCUT2D eigenvalue weighted by Crippen LogP contribution is 2.36. The Kier molecular flexibility index (Phi) is 3.96. The van der Waals surface area contributed by atoms with Crippen LogP contribution in [0.1, 0.15) is 21.2 Å². The van der Waals surface area contributed by atoms with Crippen LogP contribution >= 0.6 is 22.6 Å². The Balaban J connectivity index is 2.20. The Morgan fingerprint density at radius 1 is 0.750 bits per heavy atom. The molecule has 0 heterocycles. The molecule has 16 heavy (non-hydrogen) atoms. The van der Waals surface area contributed by atoms with E-state index >= 15 is 0 Å². The highest BCUT2D eigenvalue weighted by atomic mass is 127. The lowest BCUT2D eigenvalue weighted by molar-refractivity contribution is 0.180. The second-order valence-corrected chi connectivity index (χ2v) is 5.01. The first-order valence-corrected chi connectivity index (χ1v) is 6.45. The predicted molar refractivity (Wildman–Crippen MR) is 74.6 cm³/mol. The molecule has 1 N–H and O–H groups in total. The van der Waals surface area contributed by atoms with Crippen LogP contribution in [-0.2, 0) is 0 Å². The first-order valence-electron chi connectivity index (χ1n) is 5.21. The van der Waals surface area contributed by atoms with E-state index in [1.807, 2.05) is 60.7 Å². The van der Waals surface area contributed by atoms with Crippen LogP contribution in [0.25, 0.3) is 0 Å². The van der Waals surface area contributed by atoms with Gasteiger partial charge in [0.1, 0.15) is 0 Å². The van der Waals surface area contributed by atoms with Gasteiger partial charge in [0.15, 0.2) is 0 Å². The molecule has 1 nitrogen and oxygen atoms in total. The maximum absolute atomic E-state index is 10.2. The molecule has 2 atom stereocenters. The Labute approximate surface area is 109 Å². The molecule has 0 aliphatic heterocycles. The normalized spacial score (nSPS) is 14.4. The van der Waals surface area contributed by atoms with Crippen molar-refractivity contribution < 1.29 is 5.11 Å². The van der Waals surface area contributed by atoms with Gasteiger partial charge in [-0.15, -0.1) is 0 Å². The summed E-state index contributed by atoms with van der Waals surface area (Å²) in [5.41, 5.74) is 2.12. The van der Waals surface area contributed by atoms with Gasteiger partial charge in [0.25, 0.3) is 0 Å². The van der Waals surface area contributed by atoms with Gasteiger partial charge in [-0.25, -0.2) is 0 Å². The third-order valence-electron chi connectivity index (χ3n) is 2.54. The highest BCUT2D eigenvalue weighted by Gasteiger charge is 2.18. The minimum atomic E-state index is -0.454. The Morgan fingerprint density at radius 3 is 1.69 bits per heavy atom. The van der Waals surface area contributed by atoms with Gasteiger partial charge in [0.2, 0.25) is 0 Å². The van der Waals surface area contributed by atoms with Crippen LogP contribution in [-0.4, -0.2) is 5.11 Å². The molecule has 0 aliphatic rings. The van der Waals surface area contributed by atoms with E-state index < -0.39 is 6.10 Å². The molecule has 0 spiro atoms. The minimum Gasteiger partial charge on any atom is -0.387 e. The van der Waals surface area contributed by atoms with Crippen LogP contribution in [0.15, 0.2) is 60.7 Å². The van der Waals surface area contributed by atoms with Crippen molar-refractivity contribution in [2.75, 3.05) is 0 Å². The second kappa shape index (κ2) is 5.46. The van der Waals surface area contributed by atoms with Crippen molar-refractivity contribution in [3.05, 3.63) is 71.8 Å². The van der Waals surface area contributed by atoms with Gasteiger partial charge in [-0.05, 0) is 11.1 Å². The van der Waals surface area contributed by atoms with E-state index in [2.05, 4.69) is 22.6 Å². The van der Waals surface area contributed by atoms with Gasteiger partial charge in [-0.1, -0.05) is 83.3 Å². The van der Waals surface area contributed by atoms with Crippen molar-refractivity contribution in [3.8, 4) is 0 Å². The number of aliphatic hydroxyl groups is 1. The lowest BCUT2D eigenvalue weighted by Gasteiger charge is -2.18. The molecule has 0 unspecified atom stereocenters. The van der Waals surface area contributed by atoms with Gasteiger partial charge in [-0.2, -0.15) is 0 Å². The van der Waals surface area contributed by atoms with Crippen LogP contribution in [0, 0.1) is 0 Å². The third kappa shape index (κ3) is 2.62. The van der Waals surface area contributed by atoms with E-state index in [4.69, 9.17) is 0 Å². The molecule has 2 rings (SSSR count). The average molecular weight is 324 g/mol. The Hall–Kier alpha value is -0.870. The number of hydrogen-bond acceptors (Lipinski definition) is 1. The van der Waals surface area contributed by atoms with Gasteiger partial charge in [0.05, 0.1) is 10.0 Å². The number of halogens is 1. The predicted octanol–water partition coefficient (Wildman–Crippen LogP) is 3.90. The molecule has 0 saturated heterocycles. The molecule has 2 aromatic rings. The third-order valence-corrected chi connectivity index (χ3v) is 3.94. The zero-order valence-corrected chi connectivity index (χ0v) is 10.9. The number of rotatable bonds is 3. The maximum atomic E-state index is 10.2. The zero-order chi connectivity index (χ0) is 11.4. The fourth-order valence-corrected chi connectivity index (χ4v) is 2.47. The van der Waals surface area contributed by atoms with E-state index in [1.165, 1.54) is 0 Å². The second-order valence-electron chi connectivity index (χ2n) is 3.67. The molecule has 0 bridgehead atoms. The quantitative estimate of drug-likeness (QED) is 0.671. The smallest absolute Gasteiger partial charge is 0.0948 e. The van der Waals surface area contributed by atoms with Gasteiger partial charge < -0.3 is 5.11 Å². The minimum absolute atomic E-state index is 0.0844. The Morgan fingerprint density at radius 2 is 1.19 bits per heavy atom. The Bertz CT molecular complexity index is 384. The summed E-state index contributed by atoms with van der Waals surface area (Å²) in [5, 5.41) is 10.2. The summed E-state index contributed by atoms with van der Waals surface area (Å²) in [6.45, 7) is 0. The first-order chi connectivity index (χ1) is 7.79. The summed E-state index contributed by atoms with van der Waals surface area (Å²) >= 11 is 2.29. The SMILES string of the molecule is O[C@H](c1ccccc1)[C@H](I)c1ccccc1. The number of alkyl halides is 1. The molecule has 0 amide bonds. The maximum Gasteiger partial charge on any atom is 0.0948 e. The summed E-state index contributed by atoms with van der Waals surface area (Å²) in [6.07, 6.45) is -0.454. The molecule has 2 aromatic carbocycles. The summed E-state index contributed by atoms with van der Waals surface area (Å²) < 4.78 is 0.0844. The molecule has 0 aromatic heterocycles. The van der Waals surface area contributed by atoms with Crippen LogP contribution < -0.4 is 0 Å². The van der Waals surface area contributed by atoms with Gasteiger partial charge in [-0.3, -0.25) is 0 Å². The molecular weight excluding hydrogens is 311 g/mol. The summed E-state index contributed by atoms with van der Waals surface area (Å²) in [7, 11) is 0. The lowest BCUT2D eigenvalue weighted by atomic mass is 10.0. The number of aliphatic hydroxyl groups excluding tert-OH is 1. The van der Waals surface area contributed by atoms with E-state index in [1.54, 1.807) is 0 Å². The molecule has 0 saturated carbocycles. The van der Waals surface area contributed by atoms with Crippen molar-refractivity contribution >= 4 is 22.6 Å². The summed E-state index contributed by atoms with van der Waals surface area (Å²) in [5.74, 6) is 0. The standard InChI is InChI=1S/C14H13IO/c15-13(11-7-3-1-4-8-11)14(16)12-9-5-2-6-10-12/h1-10,13-14,16H/t13-,14-/m1/s1. The van der Waals surface area contributed by atoms with Crippen molar-refractivity contribution in [1.29, 1.82) is 0 Å². The fraction of sp³-hybridized carbons (Fsp3) is 0.143. The summed E-state index contributed by atoms with van der Waals surface area (Å²) in [6, 6.07) is 19.9. The summed E-state index contributed by atoms with van der Waals surface area (Å²) in [4.78, 5) is 0. The monoisotopic (exact) mass is 324 g/mol.